The van der Waals surface area contributed by atoms with Gasteiger partial charge in [0.2, 0.25) is 5.91 Å². The molecule has 0 saturated carbocycles. The van der Waals surface area contributed by atoms with E-state index in [2.05, 4.69) is 10.4 Å². The Morgan fingerprint density at radius 1 is 1.29 bits per heavy atom. The Hall–Kier alpha value is -1.98. The van der Waals surface area contributed by atoms with E-state index in [4.69, 9.17) is 35.4 Å². The van der Waals surface area contributed by atoms with E-state index >= 15 is 0 Å². The second-order valence-corrected chi connectivity index (χ2v) is 8.95. The molecular weight excluding hydrogens is 463 g/mol. The summed E-state index contributed by atoms with van der Waals surface area (Å²) < 4.78 is 2.65. The molecule has 0 saturated heterocycles. The van der Waals surface area contributed by atoms with Crippen LogP contribution < -0.4 is 5.32 Å². The molecule has 0 aliphatic carbocycles. The van der Waals surface area contributed by atoms with Crippen LogP contribution in [0.15, 0.2) is 46.8 Å². The summed E-state index contributed by atoms with van der Waals surface area (Å²) in [5.74, 6) is -0.237. The van der Waals surface area contributed by atoms with Crippen molar-refractivity contribution in [3.05, 3.63) is 66.6 Å². The highest BCUT2D eigenvalue weighted by molar-refractivity contribution is 8.01. The van der Waals surface area contributed by atoms with E-state index in [1.807, 2.05) is 0 Å². The van der Waals surface area contributed by atoms with Crippen LogP contribution >= 0.6 is 58.5 Å². The molecule has 0 spiro atoms. The SMILES string of the molecule is O=C(CSc1nn(-c2ccc(Cl)c(Cl)c2)c(=S)s1)Nc1cccc([N+](=O)[O-])c1. The van der Waals surface area contributed by atoms with Crippen LogP contribution in [0.25, 0.3) is 5.69 Å². The zero-order valence-electron chi connectivity index (χ0n) is 13.8. The van der Waals surface area contributed by atoms with Crippen LogP contribution in [0.3, 0.4) is 0 Å². The number of non-ortho nitro benzene ring substituents is 1. The first-order valence-electron chi connectivity index (χ1n) is 7.56. The summed E-state index contributed by atoms with van der Waals surface area (Å²) in [6.45, 7) is 0. The van der Waals surface area contributed by atoms with Crippen LogP contribution in [0, 0.1) is 14.1 Å². The Bertz CT molecular complexity index is 1120. The van der Waals surface area contributed by atoms with Gasteiger partial charge in [0, 0.05) is 17.8 Å². The number of halogens is 2. The average Bonchev–Trinajstić information content (AvgIpc) is 3.03. The van der Waals surface area contributed by atoms with E-state index < -0.39 is 4.92 Å². The van der Waals surface area contributed by atoms with Gasteiger partial charge < -0.3 is 5.32 Å². The molecule has 1 heterocycles. The Balaban J connectivity index is 1.66. The molecule has 1 N–H and O–H groups in total. The summed E-state index contributed by atoms with van der Waals surface area (Å²) in [5.41, 5.74) is 0.932. The Morgan fingerprint density at radius 3 is 2.79 bits per heavy atom. The number of aromatic nitrogens is 2. The number of carbonyl (C=O) groups excluding carboxylic acids is 1. The van der Waals surface area contributed by atoms with Gasteiger partial charge in [0.15, 0.2) is 8.29 Å². The lowest BCUT2D eigenvalue weighted by Crippen LogP contribution is -2.14. The van der Waals surface area contributed by atoms with Crippen molar-refractivity contribution in [3.8, 4) is 5.69 Å². The summed E-state index contributed by atoms with van der Waals surface area (Å²) in [4.78, 5) is 22.4. The number of anilines is 1. The molecule has 0 atom stereocenters. The predicted molar refractivity (Wildman–Crippen MR) is 115 cm³/mol. The molecule has 0 radical (unpaired) electrons. The fourth-order valence-corrected chi connectivity index (χ4v) is 4.57. The zero-order chi connectivity index (χ0) is 20.3. The van der Waals surface area contributed by atoms with E-state index in [-0.39, 0.29) is 17.3 Å². The molecule has 0 bridgehead atoms. The van der Waals surface area contributed by atoms with Gasteiger partial charge in [-0.15, -0.1) is 5.10 Å². The maximum absolute atomic E-state index is 12.1. The molecule has 3 rings (SSSR count). The molecule has 144 valence electrons. The number of thioether (sulfide) groups is 1. The number of hydrogen-bond acceptors (Lipinski definition) is 7. The van der Waals surface area contributed by atoms with Crippen LogP contribution in [0.5, 0.6) is 0 Å². The number of nitro groups is 1. The van der Waals surface area contributed by atoms with Gasteiger partial charge >= 0.3 is 0 Å². The summed E-state index contributed by atoms with van der Waals surface area (Å²) in [5, 5.41) is 18.6. The summed E-state index contributed by atoms with van der Waals surface area (Å²) in [6, 6.07) is 10.8. The van der Waals surface area contributed by atoms with Crippen LogP contribution in [0.1, 0.15) is 0 Å². The molecule has 2 aromatic carbocycles. The first-order chi connectivity index (χ1) is 13.3. The van der Waals surface area contributed by atoms with Crippen LogP contribution in [0.4, 0.5) is 11.4 Å². The Kier molecular flexibility index (Phi) is 6.68. The maximum atomic E-state index is 12.1. The van der Waals surface area contributed by atoms with Gasteiger partial charge in [-0.25, -0.2) is 4.68 Å². The minimum Gasteiger partial charge on any atom is -0.325 e. The lowest BCUT2D eigenvalue weighted by atomic mass is 10.3. The maximum Gasteiger partial charge on any atom is 0.271 e. The minimum absolute atomic E-state index is 0.0757. The predicted octanol–water partition coefficient (Wildman–Crippen LogP) is 5.61. The van der Waals surface area contributed by atoms with Crippen molar-refractivity contribution in [3.63, 3.8) is 0 Å². The van der Waals surface area contributed by atoms with Crippen molar-refractivity contribution in [2.75, 3.05) is 11.1 Å². The second kappa shape index (κ2) is 9.01. The molecule has 0 fully saturated rings. The number of carbonyl (C=O) groups is 1. The average molecular weight is 473 g/mol. The molecule has 1 amide bonds. The summed E-state index contributed by atoms with van der Waals surface area (Å²) in [7, 11) is 0. The highest BCUT2D eigenvalue weighted by atomic mass is 35.5. The third kappa shape index (κ3) is 5.09. The monoisotopic (exact) mass is 472 g/mol. The molecular formula is C16H10Cl2N4O3S3. The smallest absolute Gasteiger partial charge is 0.271 e. The number of nitro benzene ring substituents is 1. The first-order valence-corrected chi connectivity index (χ1v) is 10.5. The molecule has 1 aromatic heterocycles. The van der Waals surface area contributed by atoms with Crippen molar-refractivity contribution < 1.29 is 9.72 Å². The number of nitrogens with zero attached hydrogens (tertiary/aromatic N) is 3. The van der Waals surface area contributed by atoms with Crippen LogP contribution in [0.2, 0.25) is 10.0 Å². The Labute approximate surface area is 182 Å². The summed E-state index contributed by atoms with van der Waals surface area (Å²) >= 11 is 19.7. The van der Waals surface area contributed by atoms with E-state index in [1.165, 1.54) is 41.3 Å². The number of nitrogens with one attached hydrogen (secondary N) is 1. The largest absolute Gasteiger partial charge is 0.325 e. The summed E-state index contributed by atoms with van der Waals surface area (Å²) in [6.07, 6.45) is 0. The van der Waals surface area contributed by atoms with Crippen molar-refractivity contribution in [2.24, 2.45) is 0 Å². The quantitative estimate of drug-likeness (QED) is 0.217. The van der Waals surface area contributed by atoms with Gasteiger partial charge in [0.1, 0.15) is 0 Å². The molecule has 0 aliphatic heterocycles. The minimum atomic E-state index is -0.521. The third-order valence-corrected chi connectivity index (χ3v) is 6.45. The normalized spacial score (nSPS) is 10.6. The topological polar surface area (TPSA) is 90.1 Å². The molecule has 0 aliphatic rings. The van der Waals surface area contributed by atoms with Gasteiger partial charge in [-0.3, -0.25) is 14.9 Å². The lowest BCUT2D eigenvalue weighted by molar-refractivity contribution is -0.384. The number of rotatable bonds is 6. The second-order valence-electron chi connectivity index (χ2n) is 5.29. The lowest BCUT2D eigenvalue weighted by Gasteiger charge is -2.04. The first kappa shape index (κ1) is 20.7. The molecule has 7 nitrogen and oxygen atoms in total. The van der Waals surface area contributed by atoms with E-state index in [0.717, 1.165) is 0 Å². The fraction of sp³-hybridized carbons (Fsp3) is 0.0625. The van der Waals surface area contributed by atoms with E-state index in [0.29, 0.717) is 29.7 Å². The van der Waals surface area contributed by atoms with Gasteiger partial charge in [0.25, 0.3) is 5.69 Å². The van der Waals surface area contributed by atoms with Gasteiger partial charge in [-0.1, -0.05) is 52.4 Å². The van der Waals surface area contributed by atoms with E-state index in [1.54, 1.807) is 28.9 Å². The highest BCUT2D eigenvalue weighted by Crippen LogP contribution is 2.28. The highest BCUT2D eigenvalue weighted by Gasteiger charge is 2.12. The van der Waals surface area contributed by atoms with Crippen molar-refractivity contribution in [1.29, 1.82) is 0 Å². The van der Waals surface area contributed by atoms with Crippen molar-refractivity contribution in [2.45, 2.75) is 4.34 Å². The van der Waals surface area contributed by atoms with Gasteiger partial charge in [-0.2, -0.15) is 0 Å². The van der Waals surface area contributed by atoms with E-state index in [9.17, 15) is 14.9 Å². The van der Waals surface area contributed by atoms with Gasteiger partial charge in [-0.05, 0) is 36.5 Å². The molecule has 0 unspecified atom stereocenters. The van der Waals surface area contributed by atoms with Crippen LogP contribution in [-0.4, -0.2) is 26.4 Å². The van der Waals surface area contributed by atoms with Crippen LogP contribution in [-0.2, 0) is 4.79 Å². The molecule has 3 aromatic rings. The number of amides is 1. The fourth-order valence-electron chi connectivity index (χ4n) is 2.12. The standard InChI is InChI=1S/C16H10Cl2N4O3S3/c17-12-5-4-10(7-13(12)18)21-16(26)28-15(20-21)27-8-14(23)19-9-2-1-3-11(6-9)22(24)25/h1-7H,8H2,(H,19,23). The number of benzene rings is 2. The Morgan fingerprint density at radius 2 is 2.07 bits per heavy atom. The zero-order valence-corrected chi connectivity index (χ0v) is 17.8. The third-order valence-electron chi connectivity index (χ3n) is 3.34. The van der Waals surface area contributed by atoms with Crippen molar-refractivity contribution >= 4 is 75.8 Å². The molecule has 28 heavy (non-hydrogen) atoms. The number of hydrogen-bond donors (Lipinski definition) is 1. The van der Waals surface area contributed by atoms with Crippen molar-refractivity contribution in [1.82, 2.24) is 9.78 Å². The van der Waals surface area contributed by atoms with Gasteiger partial charge in [0.05, 0.1) is 26.4 Å². The molecule has 12 heteroatoms.